The number of hydrogen-bond donors (Lipinski definition) is 0. The minimum Gasteiger partial charge on any atom is -0.338 e. The average molecular weight is 352 g/mol. The fourth-order valence-corrected chi connectivity index (χ4v) is 3.82. The number of amides is 1. The number of carbonyl (C=O) groups excluding carboxylic acids is 1. The summed E-state index contributed by atoms with van der Waals surface area (Å²) in [5.74, 6) is 0.882. The van der Waals surface area contributed by atoms with Gasteiger partial charge in [0.1, 0.15) is 11.6 Å². The number of piperidine rings is 1. The highest BCUT2D eigenvalue weighted by molar-refractivity contribution is 6.06. The van der Waals surface area contributed by atoms with E-state index >= 15 is 0 Å². The molecule has 6 heteroatoms. The minimum atomic E-state index is -0.346. The standard InChI is InChI=1S/C20H21FN4O/c1-13-10-17(16-6-5-15(21)11-18(16)23-13)20(26)25-8-3-4-14(12-25)19-22-7-9-24(19)2/h5-7,9-11,14H,3-4,8,12H2,1-2H3/t14-/m0/s1. The molecule has 0 unspecified atom stereocenters. The zero-order chi connectivity index (χ0) is 18.3. The van der Waals surface area contributed by atoms with E-state index in [0.717, 1.165) is 25.2 Å². The maximum atomic E-state index is 13.6. The monoisotopic (exact) mass is 352 g/mol. The zero-order valence-electron chi connectivity index (χ0n) is 14.9. The Morgan fingerprint density at radius 3 is 2.92 bits per heavy atom. The highest BCUT2D eigenvalue weighted by Gasteiger charge is 2.28. The largest absolute Gasteiger partial charge is 0.338 e. The van der Waals surface area contributed by atoms with Gasteiger partial charge in [0.05, 0.1) is 11.1 Å². The van der Waals surface area contributed by atoms with Crippen molar-refractivity contribution in [2.45, 2.75) is 25.7 Å². The van der Waals surface area contributed by atoms with E-state index in [1.807, 2.05) is 29.6 Å². The van der Waals surface area contributed by atoms with E-state index in [2.05, 4.69) is 9.97 Å². The van der Waals surface area contributed by atoms with Crippen LogP contribution >= 0.6 is 0 Å². The van der Waals surface area contributed by atoms with Crippen molar-refractivity contribution in [3.05, 3.63) is 59.6 Å². The predicted octanol–water partition coefficient (Wildman–Crippen LogP) is 3.44. The van der Waals surface area contributed by atoms with Gasteiger partial charge < -0.3 is 9.47 Å². The first kappa shape index (κ1) is 16.7. The Morgan fingerprint density at radius 1 is 1.31 bits per heavy atom. The van der Waals surface area contributed by atoms with Crippen molar-refractivity contribution in [2.24, 2.45) is 7.05 Å². The minimum absolute atomic E-state index is 0.0222. The molecule has 0 N–H and O–H groups in total. The molecule has 4 rings (SSSR count). The number of rotatable bonds is 2. The van der Waals surface area contributed by atoms with Crippen LogP contribution in [0.15, 0.2) is 36.7 Å². The molecule has 1 amide bonds. The predicted molar refractivity (Wildman–Crippen MR) is 97.5 cm³/mol. The fourth-order valence-electron chi connectivity index (χ4n) is 3.82. The van der Waals surface area contributed by atoms with E-state index in [0.29, 0.717) is 28.7 Å². The summed E-state index contributed by atoms with van der Waals surface area (Å²) >= 11 is 0. The summed E-state index contributed by atoms with van der Waals surface area (Å²) in [5.41, 5.74) is 1.82. The molecule has 1 aromatic carbocycles. The molecule has 134 valence electrons. The normalized spacial score (nSPS) is 17.7. The first-order valence-electron chi connectivity index (χ1n) is 8.86. The van der Waals surface area contributed by atoms with Crippen LogP contribution in [0.2, 0.25) is 0 Å². The highest BCUT2D eigenvalue weighted by atomic mass is 19.1. The lowest BCUT2D eigenvalue weighted by molar-refractivity contribution is 0.0705. The number of aryl methyl sites for hydroxylation is 2. The Bertz CT molecular complexity index is 976. The number of aromatic nitrogens is 3. The number of likely N-dealkylation sites (tertiary alicyclic amines) is 1. The number of imidazole rings is 1. The zero-order valence-corrected chi connectivity index (χ0v) is 14.9. The van der Waals surface area contributed by atoms with Crippen molar-refractivity contribution in [2.75, 3.05) is 13.1 Å². The number of benzene rings is 1. The van der Waals surface area contributed by atoms with Crippen molar-refractivity contribution in [3.63, 3.8) is 0 Å². The van der Waals surface area contributed by atoms with Crippen LogP contribution < -0.4 is 0 Å². The first-order valence-corrected chi connectivity index (χ1v) is 8.86. The molecule has 3 heterocycles. The highest BCUT2D eigenvalue weighted by Crippen LogP contribution is 2.28. The van der Waals surface area contributed by atoms with Gasteiger partial charge in [-0.2, -0.15) is 0 Å². The van der Waals surface area contributed by atoms with Crippen molar-refractivity contribution in [1.29, 1.82) is 0 Å². The molecule has 3 aromatic rings. The number of pyridine rings is 1. The Kier molecular flexibility index (Phi) is 4.18. The van der Waals surface area contributed by atoms with Gasteiger partial charge in [-0.25, -0.2) is 9.37 Å². The maximum absolute atomic E-state index is 13.6. The molecule has 1 aliphatic heterocycles. The lowest BCUT2D eigenvalue weighted by atomic mass is 9.96. The topological polar surface area (TPSA) is 51.0 Å². The molecule has 0 bridgehead atoms. The molecular formula is C20H21FN4O. The number of hydrogen-bond acceptors (Lipinski definition) is 3. The maximum Gasteiger partial charge on any atom is 0.254 e. The van der Waals surface area contributed by atoms with Crippen LogP contribution in [0.5, 0.6) is 0 Å². The molecule has 1 atom stereocenters. The number of halogens is 1. The molecule has 0 saturated carbocycles. The van der Waals surface area contributed by atoms with Gasteiger partial charge in [0.2, 0.25) is 0 Å². The van der Waals surface area contributed by atoms with Gasteiger partial charge >= 0.3 is 0 Å². The summed E-state index contributed by atoms with van der Waals surface area (Å²) in [6, 6.07) is 6.20. The third-order valence-electron chi connectivity index (χ3n) is 5.06. The van der Waals surface area contributed by atoms with Crippen LogP contribution in [0.4, 0.5) is 4.39 Å². The SMILES string of the molecule is Cc1cc(C(=O)N2CCC[C@H](c3nccn3C)C2)c2ccc(F)cc2n1. The second-order valence-electron chi connectivity index (χ2n) is 6.96. The van der Waals surface area contributed by atoms with E-state index in [-0.39, 0.29) is 17.6 Å². The fraction of sp³-hybridized carbons (Fsp3) is 0.350. The molecule has 1 saturated heterocycles. The summed E-state index contributed by atoms with van der Waals surface area (Å²) in [7, 11) is 1.98. The molecule has 1 fully saturated rings. The summed E-state index contributed by atoms with van der Waals surface area (Å²) in [4.78, 5) is 23.9. The molecule has 1 aliphatic rings. The van der Waals surface area contributed by atoms with Gasteiger partial charge in [-0.15, -0.1) is 0 Å². The van der Waals surface area contributed by atoms with Gasteiger partial charge in [-0.05, 0) is 38.0 Å². The van der Waals surface area contributed by atoms with Crippen molar-refractivity contribution < 1.29 is 9.18 Å². The van der Waals surface area contributed by atoms with Crippen LogP contribution in [0, 0.1) is 12.7 Å². The summed E-state index contributed by atoms with van der Waals surface area (Å²) < 4.78 is 15.6. The molecule has 2 aromatic heterocycles. The number of fused-ring (bicyclic) bond motifs is 1. The number of carbonyl (C=O) groups is 1. The quantitative estimate of drug-likeness (QED) is 0.710. The summed E-state index contributed by atoms with van der Waals surface area (Å²) in [6.07, 6.45) is 5.70. The second-order valence-corrected chi connectivity index (χ2v) is 6.96. The third-order valence-corrected chi connectivity index (χ3v) is 5.06. The average Bonchev–Trinajstić information content (AvgIpc) is 3.06. The van der Waals surface area contributed by atoms with E-state index in [4.69, 9.17) is 0 Å². The molecular weight excluding hydrogens is 331 g/mol. The van der Waals surface area contributed by atoms with E-state index in [1.54, 1.807) is 18.3 Å². The van der Waals surface area contributed by atoms with E-state index < -0.39 is 0 Å². The van der Waals surface area contributed by atoms with Crippen LogP contribution in [-0.2, 0) is 7.05 Å². The van der Waals surface area contributed by atoms with Crippen molar-refractivity contribution in [3.8, 4) is 0 Å². The first-order chi connectivity index (χ1) is 12.5. The lowest BCUT2D eigenvalue weighted by Gasteiger charge is -2.32. The van der Waals surface area contributed by atoms with Gasteiger partial charge in [0.25, 0.3) is 5.91 Å². The Morgan fingerprint density at radius 2 is 2.15 bits per heavy atom. The van der Waals surface area contributed by atoms with Gasteiger partial charge in [0, 0.05) is 55.6 Å². The van der Waals surface area contributed by atoms with Crippen LogP contribution in [0.25, 0.3) is 10.9 Å². The van der Waals surface area contributed by atoms with Crippen LogP contribution in [-0.4, -0.2) is 38.4 Å². The van der Waals surface area contributed by atoms with Gasteiger partial charge in [-0.3, -0.25) is 9.78 Å². The second kappa shape index (κ2) is 6.52. The van der Waals surface area contributed by atoms with Crippen molar-refractivity contribution >= 4 is 16.8 Å². The van der Waals surface area contributed by atoms with E-state index in [9.17, 15) is 9.18 Å². The Hall–Kier alpha value is -2.76. The molecule has 5 nitrogen and oxygen atoms in total. The summed E-state index contributed by atoms with van der Waals surface area (Å²) in [6.45, 7) is 3.20. The molecule has 26 heavy (non-hydrogen) atoms. The Balaban J connectivity index is 1.67. The van der Waals surface area contributed by atoms with Gasteiger partial charge in [0.15, 0.2) is 0 Å². The van der Waals surface area contributed by atoms with Crippen LogP contribution in [0.1, 0.15) is 40.6 Å². The smallest absolute Gasteiger partial charge is 0.254 e. The Labute approximate surface area is 151 Å². The molecule has 0 spiro atoms. The lowest BCUT2D eigenvalue weighted by Crippen LogP contribution is -2.39. The van der Waals surface area contributed by atoms with Crippen molar-refractivity contribution in [1.82, 2.24) is 19.4 Å². The summed E-state index contributed by atoms with van der Waals surface area (Å²) in [5, 5.41) is 0.695. The molecule has 0 radical (unpaired) electrons. The van der Waals surface area contributed by atoms with Gasteiger partial charge in [-0.1, -0.05) is 0 Å². The van der Waals surface area contributed by atoms with E-state index in [1.165, 1.54) is 12.1 Å². The number of nitrogens with zero attached hydrogens (tertiary/aromatic N) is 4. The third kappa shape index (κ3) is 2.96. The van der Waals surface area contributed by atoms with Crippen LogP contribution in [0.3, 0.4) is 0 Å². The molecule has 0 aliphatic carbocycles.